The summed E-state index contributed by atoms with van der Waals surface area (Å²) in [5, 5.41) is 0. The first-order valence-corrected chi connectivity index (χ1v) is 7.11. The summed E-state index contributed by atoms with van der Waals surface area (Å²) in [6.45, 7) is 2.05. The van der Waals surface area contributed by atoms with Crippen molar-refractivity contribution in [1.82, 2.24) is 0 Å². The molecule has 0 bridgehead atoms. The molecule has 0 fully saturated rings. The van der Waals surface area contributed by atoms with Gasteiger partial charge >= 0.3 is 0 Å². The van der Waals surface area contributed by atoms with Crippen LogP contribution in [0, 0.1) is 12.3 Å². The largest absolute Gasteiger partial charge is 0.224 e. The summed E-state index contributed by atoms with van der Waals surface area (Å²) < 4.78 is 22.8. The van der Waals surface area contributed by atoms with Crippen molar-refractivity contribution in [3.05, 3.63) is 29.8 Å². The standard InChI is InChI=1S/C13H16O2S/c1-4-7-11(5-2)12-8-6-9-13(10-12)16(3,14)15/h1,6,8-11H,5,7H2,2-3H3. The van der Waals surface area contributed by atoms with E-state index in [0.717, 1.165) is 12.0 Å². The van der Waals surface area contributed by atoms with E-state index in [2.05, 4.69) is 12.8 Å². The van der Waals surface area contributed by atoms with E-state index in [4.69, 9.17) is 6.42 Å². The van der Waals surface area contributed by atoms with Crippen LogP contribution in [0.4, 0.5) is 0 Å². The molecule has 3 heteroatoms. The fraction of sp³-hybridized carbons (Fsp3) is 0.385. The number of sulfone groups is 1. The van der Waals surface area contributed by atoms with Crippen LogP contribution in [0.1, 0.15) is 31.2 Å². The molecule has 1 rings (SSSR count). The summed E-state index contributed by atoms with van der Waals surface area (Å²) in [4.78, 5) is 0.362. The molecule has 0 N–H and O–H groups in total. The lowest BCUT2D eigenvalue weighted by Gasteiger charge is -2.12. The van der Waals surface area contributed by atoms with Gasteiger partial charge in [-0.15, -0.1) is 12.3 Å². The molecule has 0 aliphatic rings. The van der Waals surface area contributed by atoms with Gasteiger partial charge in [0.05, 0.1) is 4.90 Å². The Labute approximate surface area is 97.6 Å². The van der Waals surface area contributed by atoms with Crippen molar-refractivity contribution in [1.29, 1.82) is 0 Å². The zero-order valence-electron chi connectivity index (χ0n) is 9.60. The van der Waals surface area contributed by atoms with Crippen LogP contribution in [-0.2, 0) is 9.84 Å². The minimum Gasteiger partial charge on any atom is -0.224 e. The van der Waals surface area contributed by atoms with Crippen LogP contribution < -0.4 is 0 Å². The molecule has 0 saturated carbocycles. The van der Waals surface area contributed by atoms with Crippen molar-refractivity contribution in [2.45, 2.75) is 30.6 Å². The van der Waals surface area contributed by atoms with E-state index in [1.807, 2.05) is 6.07 Å². The zero-order valence-corrected chi connectivity index (χ0v) is 10.4. The van der Waals surface area contributed by atoms with Gasteiger partial charge in [-0.1, -0.05) is 19.1 Å². The Hall–Kier alpha value is -1.27. The molecule has 0 aliphatic carbocycles. The van der Waals surface area contributed by atoms with Crippen LogP contribution in [0.25, 0.3) is 0 Å². The lowest BCUT2D eigenvalue weighted by atomic mass is 9.94. The van der Waals surface area contributed by atoms with Crippen molar-refractivity contribution in [2.24, 2.45) is 0 Å². The lowest BCUT2D eigenvalue weighted by Crippen LogP contribution is -2.01. The van der Waals surface area contributed by atoms with Gasteiger partial charge < -0.3 is 0 Å². The minimum atomic E-state index is -3.13. The van der Waals surface area contributed by atoms with Crippen molar-refractivity contribution in [3.8, 4) is 12.3 Å². The second-order valence-corrected chi connectivity index (χ2v) is 5.87. The smallest absolute Gasteiger partial charge is 0.175 e. The van der Waals surface area contributed by atoms with Gasteiger partial charge in [-0.3, -0.25) is 0 Å². The van der Waals surface area contributed by atoms with Crippen molar-refractivity contribution in [3.63, 3.8) is 0 Å². The molecule has 0 aliphatic heterocycles. The Morgan fingerprint density at radius 1 is 1.44 bits per heavy atom. The quantitative estimate of drug-likeness (QED) is 0.753. The third kappa shape index (κ3) is 3.11. The van der Waals surface area contributed by atoms with Gasteiger partial charge in [0, 0.05) is 12.7 Å². The van der Waals surface area contributed by atoms with E-state index in [9.17, 15) is 8.42 Å². The lowest BCUT2D eigenvalue weighted by molar-refractivity contribution is 0.601. The highest BCUT2D eigenvalue weighted by Crippen LogP contribution is 2.24. The van der Waals surface area contributed by atoms with E-state index < -0.39 is 9.84 Å². The van der Waals surface area contributed by atoms with E-state index in [0.29, 0.717) is 11.3 Å². The summed E-state index contributed by atoms with van der Waals surface area (Å²) in [7, 11) is -3.13. The van der Waals surface area contributed by atoms with E-state index >= 15 is 0 Å². The van der Waals surface area contributed by atoms with Gasteiger partial charge in [0.25, 0.3) is 0 Å². The molecular weight excluding hydrogens is 220 g/mol. The van der Waals surface area contributed by atoms with Crippen LogP contribution in [0.3, 0.4) is 0 Å². The molecule has 1 aromatic rings. The monoisotopic (exact) mass is 236 g/mol. The topological polar surface area (TPSA) is 34.1 Å². The average molecular weight is 236 g/mol. The Morgan fingerprint density at radius 3 is 2.62 bits per heavy atom. The summed E-state index contributed by atoms with van der Waals surface area (Å²) in [6.07, 6.45) is 8.07. The van der Waals surface area contributed by atoms with Gasteiger partial charge in [0.15, 0.2) is 9.84 Å². The third-order valence-corrected chi connectivity index (χ3v) is 3.72. The molecule has 86 valence electrons. The Kier molecular flexibility index (Phi) is 4.14. The second-order valence-electron chi connectivity index (χ2n) is 3.86. The number of terminal acetylenes is 1. The predicted octanol–water partition coefficient (Wildman–Crippen LogP) is 2.61. The molecule has 0 amide bonds. The predicted molar refractivity (Wildman–Crippen MR) is 66.0 cm³/mol. The van der Waals surface area contributed by atoms with Crippen LogP contribution in [-0.4, -0.2) is 14.7 Å². The van der Waals surface area contributed by atoms with Gasteiger partial charge in [-0.05, 0) is 30.0 Å². The van der Waals surface area contributed by atoms with Crippen LogP contribution >= 0.6 is 0 Å². The molecule has 1 aromatic carbocycles. The Balaban J connectivity index is 3.12. The first-order valence-electron chi connectivity index (χ1n) is 5.22. The molecule has 1 unspecified atom stereocenters. The highest BCUT2D eigenvalue weighted by molar-refractivity contribution is 7.90. The zero-order chi connectivity index (χ0) is 12.2. The van der Waals surface area contributed by atoms with Gasteiger partial charge in [-0.25, -0.2) is 8.42 Å². The highest BCUT2D eigenvalue weighted by Gasteiger charge is 2.12. The van der Waals surface area contributed by atoms with Gasteiger partial charge in [0.1, 0.15) is 0 Å². The van der Waals surface area contributed by atoms with Crippen molar-refractivity contribution < 1.29 is 8.42 Å². The van der Waals surface area contributed by atoms with Crippen molar-refractivity contribution >= 4 is 9.84 Å². The Bertz CT molecular complexity index is 495. The first-order chi connectivity index (χ1) is 7.49. The van der Waals surface area contributed by atoms with E-state index in [1.165, 1.54) is 6.26 Å². The minimum absolute atomic E-state index is 0.242. The summed E-state index contributed by atoms with van der Waals surface area (Å²) >= 11 is 0. The molecule has 0 spiro atoms. The molecule has 1 atom stereocenters. The molecular formula is C13H16O2S. The Morgan fingerprint density at radius 2 is 2.12 bits per heavy atom. The number of hydrogen-bond acceptors (Lipinski definition) is 2. The maximum Gasteiger partial charge on any atom is 0.175 e. The average Bonchev–Trinajstić information content (AvgIpc) is 2.25. The number of benzene rings is 1. The third-order valence-electron chi connectivity index (χ3n) is 2.61. The van der Waals surface area contributed by atoms with Gasteiger partial charge in [0.2, 0.25) is 0 Å². The summed E-state index contributed by atoms with van der Waals surface area (Å²) in [6, 6.07) is 7.04. The fourth-order valence-corrected chi connectivity index (χ4v) is 2.32. The number of rotatable bonds is 4. The van der Waals surface area contributed by atoms with Crippen LogP contribution in [0.2, 0.25) is 0 Å². The van der Waals surface area contributed by atoms with E-state index in [-0.39, 0.29) is 5.92 Å². The maximum absolute atomic E-state index is 11.4. The highest BCUT2D eigenvalue weighted by atomic mass is 32.2. The maximum atomic E-state index is 11.4. The molecule has 0 saturated heterocycles. The molecule has 0 radical (unpaired) electrons. The molecule has 2 nitrogen and oxygen atoms in total. The normalized spacial score (nSPS) is 13.1. The summed E-state index contributed by atoms with van der Waals surface area (Å²) in [5.41, 5.74) is 1.00. The molecule has 0 aromatic heterocycles. The fourth-order valence-electron chi connectivity index (χ4n) is 1.64. The first kappa shape index (κ1) is 12.8. The van der Waals surface area contributed by atoms with E-state index in [1.54, 1.807) is 18.2 Å². The molecule has 16 heavy (non-hydrogen) atoms. The summed E-state index contributed by atoms with van der Waals surface area (Å²) in [5.74, 6) is 2.87. The van der Waals surface area contributed by atoms with Crippen molar-refractivity contribution in [2.75, 3.05) is 6.26 Å². The van der Waals surface area contributed by atoms with Crippen LogP contribution in [0.5, 0.6) is 0 Å². The number of hydrogen-bond donors (Lipinski definition) is 0. The second kappa shape index (κ2) is 5.18. The van der Waals surface area contributed by atoms with Crippen LogP contribution in [0.15, 0.2) is 29.2 Å². The molecule has 0 heterocycles. The SMILES string of the molecule is C#CCC(CC)c1cccc(S(C)(=O)=O)c1. The van der Waals surface area contributed by atoms with Gasteiger partial charge in [-0.2, -0.15) is 0 Å².